The molecule has 0 bridgehead atoms. The highest BCUT2D eigenvalue weighted by atomic mass is 16.3. The van der Waals surface area contributed by atoms with E-state index in [9.17, 15) is 10.2 Å². The van der Waals surface area contributed by atoms with Crippen molar-refractivity contribution >= 4 is 0 Å². The van der Waals surface area contributed by atoms with E-state index in [0.717, 1.165) is 0 Å². The molecule has 0 saturated heterocycles. The third-order valence-electron chi connectivity index (χ3n) is 2.20. The van der Waals surface area contributed by atoms with Crippen molar-refractivity contribution in [3.05, 3.63) is 23.8 Å². The first kappa shape index (κ1) is 11.8. The molecule has 0 aliphatic carbocycles. The highest BCUT2D eigenvalue weighted by molar-refractivity contribution is 5.40. The van der Waals surface area contributed by atoms with Crippen LogP contribution in [0.4, 0.5) is 0 Å². The summed E-state index contributed by atoms with van der Waals surface area (Å²) in [7, 11) is 0. The van der Waals surface area contributed by atoms with Crippen molar-refractivity contribution in [1.29, 1.82) is 0 Å². The molecule has 1 aromatic rings. The monoisotopic (exact) mass is 211 g/mol. The van der Waals surface area contributed by atoms with E-state index in [4.69, 9.17) is 5.11 Å². The molecule has 0 spiro atoms. The lowest BCUT2D eigenvalue weighted by Gasteiger charge is -2.16. The molecule has 4 N–H and O–H groups in total. The first-order chi connectivity index (χ1) is 7.00. The zero-order valence-corrected chi connectivity index (χ0v) is 8.94. The lowest BCUT2D eigenvalue weighted by molar-refractivity contribution is 0.187. The van der Waals surface area contributed by atoms with Crippen LogP contribution in [0.2, 0.25) is 0 Å². The van der Waals surface area contributed by atoms with Crippen LogP contribution in [0, 0.1) is 0 Å². The fourth-order valence-corrected chi connectivity index (χ4v) is 1.35. The van der Waals surface area contributed by atoms with Gasteiger partial charge < -0.3 is 20.6 Å². The van der Waals surface area contributed by atoms with E-state index in [1.165, 1.54) is 18.2 Å². The molecule has 4 heteroatoms. The summed E-state index contributed by atoms with van der Waals surface area (Å²) >= 11 is 0. The molecular weight excluding hydrogens is 194 g/mol. The average molecular weight is 211 g/mol. The van der Waals surface area contributed by atoms with Gasteiger partial charge in [0.25, 0.3) is 0 Å². The number of hydrogen-bond acceptors (Lipinski definition) is 4. The predicted molar refractivity (Wildman–Crippen MR) is 57.9 cm³/mol. The molecule has 4 nitrogen and oxygen atoms in total. The number of hydrogen-bond donors (Lipinski definition) is 4. The molecule has 84 valence electrons. The van der Waals surface area contributed by atoms with Gasteiger partial charge in [-0.25, -0.2) is 0 Å². The number of aliphatic hydroxyl groups is 1. The number of aromatic hydroxyl groups is 2. The zero-order chi connectivity index (χ0) is 11.4. The molecule has 2 unspecified atom stereocenters. The smallest absolute Gasteiger partial charge is 0.120 e. The molecule has 1 aromatic carbocycles. The van der Waals surface area contributed by atoms with Gasteiger partial charge in [-0.05, 0) is 32.0 Å². The Morgan fingerprint density at radius 3 is 2.53 bits per heavy atom. The maximum Gasteiger partial charge on any atom is 0.120 e. The van der Waals surface area contributed by atoms with Crippen LogP contribution in [0.3, 0.4) is 0 Å². The Labute approximate surface area is 89.2 Å². The lowest BCUT2D eigenvalue weighted by atomic mass is 10.1. The van der Waals surface area contributed by atoms with Gasteiger partial charge >= 0.3 is 0 Å². The fourth-order valence-electron chi connectivity index (χ4n) is 1.35. The van der Waals surface area contributed by atoms with Crippen LogP contribution >= 0.6 is 0 Å². The fraction of sp³-hybridized carbons (Fsp3) is 0.455. The van der Waals surface area contributed by atoms with Gasteiger partial charge in [-0.2, -0.15) is 0 Å². The number of aliphatic hydroxyl groups excluding tert-OH is 1. The van der Waals surface area contributed by atoms with E-state index in [1.54, 1.807) is 6.92 Å². The van der Waals surface area contributed by atoms with Crippen molar-refractivity contribution in [1.82, 2.24) is 5.32 Å². The molecule has 0 heterocycles. The maximum atomic E-state index is 9.56. The SMILES string of the molecule is CC(O)CNC(C)c1cc(O)ccc1O. The molecule has 15 heavy (non-hydrogen) atoms. The normalized spacial score (nSPS) is 14.9. The highest BCUT2D eigenvalue weighted by Gasteiger charge is 2.11. The number of rotatable bonds is 4. The van der Waals surface area contributed by atoms with Crippen LogP contribution in [-0.2, 0) is 0 Å². The summed E-state index contributed by atoms with van der Waals surface area (Å²) in [5.41, 5.74) is 0.621. The summed E-state index contributed by atoms with van der Waals surface area (Å²) < 4.78 is 0. The van der Waals surface area contributed by atoms with Crippen molar-refractivity contribution < 1.29 is 15.3 Å². The highest BCUT2D eigenvalue weighted by Crippen LogP contribution is 2.27. The first-order valence-corrected chi connectivity index (χ1v) is 4.94. The quantitative estimate of drug-likeness (QED) is 0.563. The van der Waals surface area contributed by atoms with Gasteiger partial charge in [0.15, 0.2) is 0 Å². The summed E-state index contributed by atoms with van der Waals surface area (Å²) in [6, 6.07) is 4.27. The van der Waals surface area contributed by atoms with Gasteiger partial charge in [0, 0.05) is 18.2 Å². The molecular formula is C11H17NO3. The molecule has 1 rings (SSSR count). The number of benzene rings is 1. The summed E-state index contributed by atoms with van der Waals surface area (Å²) in [5.74, 6) is 0.256. The molecule has 0 aliphatic heterocycles. The number of phenolic OH excluding ortho intramolecular Hbond substituents is 2. The lowest BCUT2D eigenvalue weighted by Crippen LogP contribution is -2.27. The Balaban J connectivity index is 2.72. The van der Waals surface area contributed by atoms with Crippen molar-refractivity contribution in [2.45, 2.75) is 26.0 Å². The number of nitrogens with one attached hydrogen (secondary N) is 1. The van der Waals surface area contributed by atoms with Crippen LogP contribution in [0.15, 0.2) is 18.2 Å². The second-order valence-corrected chi connectivity index (χ2v) is 3.72. The van der Waals surface area contributed by atoms with Crippen molar-refractivity contribution in [3.63, 3.8) is 0 Å². The van der Waals surface area contributed by atoms with Crippen LogP contribution in [-0.4, -0.2) is 28.0 Å². The van der Waals surface area contributed by atoms with Crippen molar-refractivity contribution in [2.24, 2.45) is 0 Å². The topological polar surface area (TPSA) is 72.7 Å². The molecule has 0 radical (unpaired) electrons. The Hall–Kier alpha value is -1.26. The van der Waals surface area contributed by atoms with Crippen LogP contribution in [0.1, 0.15) is 25.5 Å². The first-order valence-electron chi connectivity index (χ1n) is 4.94. The third-order valence-corrected chi connectivity index (χ3v) is 2.20. The van der Waals surface area contributed by atoms with Crippen molar-refractivity contribution in [3.8, 4) is 11.5 Å². The molecule has 0 aliphatic rings. The summed E-state index contributed by atoms with van der Waals surface area (Å²) in [5, 5.41) is 31.0. The van der Waals surface area contributed by atoms with Gasteiger partial charge in [0.2, 0.25) is 0 Å². The van der Waals surface area contributed by atoms with E-state index in [0.29, 0.717) is 12.1 Å². The predicted octanol–water partition coefficient (Wildman–Crippen LogP) is 1.13. The van der Waals surface area contributed by atoms with E-state index in [2.05, 4.69) is 5.32 Å². The Morgan fingerprint density at radius 2 is 1.93 bits per heavy atom. The average Bonchev–Trinajstić information content (AvgIpc) is 2.18. The van der Waals surface area contributed by atoms with Crippen LogP contribution in [0.5, 0.6) is 11.5 Å². The minimum Gasteiger partial charge on any atom is -0.508 e. The molecule has 0 aromatic heterocycles. The largest absolute Gasteiger partial charge is 0.508 e. The zero-order valence-electron chi connectivity index (χ0n) is 8.94. The Kier molecular flexibility index (Phi) is 3.94. The molecule has 0 saturated carbocycles. The number of phenols is 2. The van der Waals surface area contributed by atoms with Gasteiger partial charge in [0.05, 0.1) is 6.10 Å². The standard InChI is InChI=1S/C11H17NO3/c1-7(13)6-12-8(2)10-5-9(14)3-4-11(10)15/h3-5,7-8,12-15H,6H2,1-2H3. The van der Waals surface area contributed by atoms with Gasteiger partial charge in [-0.1, -0.05) is 0 Å². The minimum atomic E-state index is -0.438. The minimum absolute atomic E-state index is 0.119. The second-order valence-electron chi connectivity index (χ2n) is 3.72. The van der Waals surface area contributed by atoms with E-state index in [-0.39, 0.29) is 17.5 Å². The Morgan fingerprint density at radius 1 is 1.27 bits per heavy atom. The maximum absolute atomic E-state index is 9.56. The molecule has 0 amide bonds. The van der Waals surface area contributed by atoms with Gasteiger partial charge in [-0.3, -0.25) is 0 Å². The Bertz CT molecular complexity index is 326. The van der Waals surface area contributed by atoms with Crippen LogP contribution in [0.25, 0.3) is 0 Å². The summed E-state index contributed by atoms with van der Waals surface area (Å²) in [6.45, 7) is 3.98. The van der Waals surface area contributed by atoms with E-state index >= 15 is 0 Å². The molecule has 0 fully saturated rings. The van der Waals surface area contributed by atoms with Crippen molar-refractivity contribution in [2.75, 3.05) is 6.54 Å². The van der Waals surface area contributed by atoms with Gasteiger partial charge in [0.1, 0.15) is 11.5 Å². The summed E-state index contributed by atoms with van der Waals surface area (Å²) in [6.07, 6.45) is -0.438. The van der Waals surface area contributed by atoms with Gasteiger partial charge in [-0.15, -0.1) is 0 Å². The van der Waals surface area contributed by atoms with Crippen LogP contribution < -0.4 is 5.32 Å². The van der Waals surface area contributed by atoms with E-state index < -0.39 is 6.10 Å². The molecule has 2 atom stereocenters. The third kappa shape index (κ3) is 3.42. The second kappa shape index (κ2) is 5.00. The summed E-state index contributed by atoms with van der Waals surface area (Å²) in [4.78, 5) is 0. The van der Waals surface area contributed by atoms with E-state index in [1.807, 2.05) is 6.92 Å².